The second-order valence-electron chi connectivity index (χ2n) is 3.74. The van der Waals surface area contributed by atoms with Crippen LogP contribution in [-0.4, -0.2) is 35.7 Å². The molecule has 0 radical (unpaired) electrons. The largest absolute Gasteiger partial charge is 0.479 e. The number of nitrogens with zero attached hydrogens (tertiary/aromatic N) is 1. The summed E-state index contributed by atoms with van der Waals surface area (Å²) in [5, 5.41) is 9.54. The molecule has 1 N–H and O–H groups in total. The van der Waals surface area contributed by atoms with Crippen molar-refractivity contribution in [3.63, 3.8) is 0 Å². The zero-order valence-corrected chi connectivity index (χ0v) is 11.1. The van der Waals surface area contributed by atoms with Crippen LogP contribution in [0.15, 0.2) is 36.9 Å². The summed E-state index contributed by atoms with van der Waals surface area (Å²) < 4.78 is 4.81. The molecule has 1 amide bonds. The Hall–Kier alpha value is -2.01. The molecule has 0 saturated carbocycles. The number of likely N-dealkylation sites (N-methyl/N-ethyl adjacent to an activating group) is 1. The third-order valence-electron chi connectivity index (χ3n) is 2.43. The lowest BCUT2D eigenvalue weighted by Gasteiger charge is -2.24. The van der Waals surface area contributed by atoms with Crippen molar-refractivity contribution in [2.24, 2.45) is 0 Å². The first-order valence-electron chi connectivity index (χ1n) is 5.46. The molecular weight excluding hydrogens is 270 g/mol. The summed E-state index contributed by atoms with van der Waals surface area (Å²) in [4.78, 5) is 24.0. The van der Waals surface area contributed by atoms with Gasteiger partial charge in [-0.15, -0.1) is 0 Å². The molecule has 1 rings (SSSR count). The van der Waals surface area contributed by atoms with E-state index >= 15 is 0 Å². The molecule has 1 aromatic rings. The number of amides is 1. The van der Waals surface area contributed by atoms with Crippen molar-refractivity contribution >= 4 is 23.7 Å². The minimum Gasteiger partial charge on any atom is -0.479 e. The number of hydrogen-bond acceptors (Lipinski definition) is 3. The zero-order chi connectivity index (χ0) is 14.4. The van der Waals surface area contributed by atoms with Gasteiger partial charge in [0.2, 0.25) is 0 Å². The topological polar surface area (TPSA) is 66.8 Å². The second kappa shape index (κ2) is 6.80. The van der Waals surface area contributed by atoms with Crippen LogP contribution in [0, 0.1) is 0 Å². The van der Waals surface area contributed by atoms with Crippen molar-refractivity contribution < 1.29 is 19.4 Å². The lowest BCUT2D eigenvalue weighted by atomic mass is 10.1. The molecule has 0 aliphatic rings. The van der Waals surface area contributed by atoms with E-state index in [1.807, 2.05) is 0 Å². The fraction of sp³-hybridized carbons (Fsp3) is 0.231. The lowest BCUT2D eigenvalue weighted by Crippen LogP contribution is -2.36. The number of carbonyl (C=O) groups excluding carboxylic acids is 1. The van der Waals surface area contributed by atoms with Crippen molar-refractivity contribution in [2.75, 3.05) is 13.7 Å². The van der Waals surface area contributed by atoms with Gasteiger partial charge in [0.05, 0.1) is 0 Å². The summed E-state index contributed by atoms with van der Waals surface area (Å²) >= 11 is 5.96. The Balaban J connectivity index is 3.02. The van der Waals surface area contributed by atoms with Crippen LogP contribution in [0.2, 0.25) is 5.02 Å². The van der Waals surface area contributed by atoms with Crippen molar-refractivity contribution in [2.45, 2.75) is 6.04 Å². The molecule has 0 aromatic heterocycles. The molecule has 0 spiro atoms. The third kappa shape index (κ3) is 3.72. The zero-order valence-electron chi connectivity index (χ0n) is 10.4. The Morgan fingerprint density at radius 1 is 1.53 bits per heavy atom. The quantitative estimate of drug-likeness (QED) is 0.844. The van der Waals surface area contributed by atoms with Gasteiger partial charge in [-0.25, -0.2) is 9.59 Å². The fourth-order valence-electron chi connectivity index (χ4n) is 1.54. The molecule has 0 fully saturated rings. The summed E-state index contributed by atoms with van der Waals surface area (Å²) in [5.41, 5.74) is 0.328. The standard InChI is InChI=1S/C13H14ClNO4/c1-3-8-19-13(18)15(2)11(12(16)17)9-6-4-5-7-10(9)14/h3-7,11H,1,8H2,2H3,(H,16,17). The van der Waals surface area contributed by atoms with Crippen LogP contribution in [0.5, 0.6) is 0 Å². The van der Waals surface area contributed by atoms with E-state index < -0.39 is 18.1 Å². The van der Waals surface area contributed by atoms with Gasteiger partial charge in [-0.3, -0.25) is 4.90 Å². The van der Waals surface area contributed by atoms with Crippen LogP contribution in [0.25, 0.3) is 0 Å². The van der Waals surface area contributed by atoms with Crippen LogP contribution >= 0.6 is 11.6 Å². The summed E-state index contributed by atoms with van der Waals surface area (Å²) in [6.45, 7) is 3.42. The number of benzene rings is 1. The van der Waals surface area contributed by atoms with Gasteiger partial charge in [0.15, 0.2) is 6.04 Å². The van der Waals surface area contributed by atoms with Crippen LogP contribution in [-0.2, 0) is 9.53 Å². The molecule has 0 aliphatic heterocycles. The minimum absolute atomic E-state index is 0.0119. The molecule has 1 unspecified atom stereocenters. The smallest absolute Gasteiger partial charge is 0.410 e. The van der Waals surface area contributed by atoms with Crippen LogP contribution in [0.3, 0.4) is 0 Å². The Kier molecular flexibility index (Phi) is 5.38. The highest BCUT2D eigenvalue weighted by molar-refractivity contribution is 6.31. The van der Waals surface area contributed by atoms with Crippen LogP contribution in [0.1, 0.15) is 11.6 Å². The molecule has 0 aliphatic carbocycles. The van der Waals surface area contributed by atoms with Crippen LogP contribution < -0.4 is 0 Å². The Labute approximate surface area is 116 Å². The monoisotopic (exact) mass is 283 g/mol. The molecule has 0 saturated heterocycles. The maximum absolute atomic E-state index is 11.7. The number of carboxylic acids is 1. The first kappa shape index (κ1) is 15.0. The molecule has 5 nitrogen and oxygen atoms in total. The summed E-state index contributed by atoms with van der Waals surface area (Å²) in [7, 11) is 1.34. The van der Waals surface area contributed by atoms with Gasteiger partial charge in [-0.05, 0) is 6.07 Å². The first-order chi connectivity index (χ1) is 8.99. The highest BCUT2D eigenvalue weighted by Crippen LogP contribution is 2.27. The average Bonchev–Trinajstić information content (AvgIpc) is 2.38. The maximum atomic E-state index is 11.7. The molecule has 1 aromatic carbocycles. The van der Waals surface area contributed by atoms with Crippen LogP contribution in [0.4, 0.5) is 4.79 Å². The number of ether oxygens (including phenoxy) is 1. The van der Waals surface area contributed by atoms with Crippen molar-refractivity contribution in [1.29, 1.82) is 0 Å². The van der Waals surface area contributed by atoms with E-state index in [0.717, 1.165) is 4.90 Å². The molecule has 19 heavy (non-hydrogen) atoms. The van der Waals surface area contributed by atoms with E-state index in [4.69, 9.17) is 16.3 Å². The molecular formula is C13H14ClNO4. The third-order valence-corrected chi connectivity index (χ3v) is 2.78. The number of carboxylic acid groups (broad SMARTS) is 1. The molecule has 0 heterocycles. The van der Waals surface area contributed by atoms with Gasteiger partial charge in [0.25, 0.3) is 0 Å². The van der Waals surface area contributed by atoms with E-state index in [2.05, 4.69) is 6.58 Å². The first-order valence-corrected chi connectivity index (χ1v) is 5.84. The molecule has 102 valence electrons. The van der Waals surface area contributed by atoms with E-state index in [-0.39, 0.29) is 11.6 Å². The van der Waals surface area contributed by atoms with Gasteiger partial charge in [-0.2, -0.15) is 0 Å². The average molecular weight is 284 g/mol. The van der Waals surface area contributed by atoms with Gasteiger partial charge in [0, 0.05) is 17.6 Å². The summed E-state index contributed by atoms with van der Waals surface area (Å²) in [6.07, 6.45) is 0.643. The van der Waals surface area contributed by atoms with Crippen molar-refractivity contribution in [1.82, 2.24) is 4.90 Å². The SMILES string of the molecule is C=CCOC(=O)N(C)C(C(=O)O)c1ccccc1Cl. The van der Waals surface area contributed by atoms with Gasteiger partial charge < -0.3 is 9.84 Å². The Morgan fingerprint density at radius 2 is 2.16 bits per heavy atom. The summed E-state index contributed by atoms with van der Waals surface area (Å²) in [6, 6.07) is 5.25. The number of aliphatic carboxylic acids is 1. The fourth-order valence-corrected chi connectivity index (χ4v) is 1.78. The summed E-state index contributed by atoms with van der Waals surface area (Å²) in [5.74, 6) is -1.19. The highest BCUT2D eigenvalue weighted by atomic mass is 35.5. The number of rotatable bonds is 5. The molecule has 6 heteroatoms. The van der Waals surface area contributed by atoms with E-state index in [9.17, 15) is 14.7 Å². The number of halogens is 1. The predicted octanol–water partition coefficient (Wildman–Crippen LogP) is 2.72. The van der Waals surface area contributed by atoms with E-state index in [1.165, 1.54) is 13.1 Å². The number of carbonyl (C=O) groups is 2. The van der Waals surface area contributed by atoms with E-state index in [0.29, 0.717) is 5.56 Å². The molecule has 0 bridgehead atoms. The Morgan fingerprint density at radius 3 is 2.68 bits per heavy atom. The highest BCUT2D eigenvalue weighted by Gasteiger charge is 2.30. The van der Waals surface area contributed by atoms with Gasteiger partial charge in [-0.1, -0.05) is 42.5 Å². The van der Waals surface area contributed by atoms with Crippen molar-refractivity contribution in [3.8, 4) is 0 Å². The van der Waals surface area contributed by atoms with Gasteiger partial charge >= 0.3 is 12.1 Å². The molecule has 1 atom stereocenters. The lowest BCUT2D eigenvalue weighted by molar-refractivity contribution is -0.142. The van der Waals surface area contributed by atoms with Gasteiger partial charge in [0.1, 0.15) is 6.61 Å². The number of hydrogen-bond donors (Lipinski definition) is 1. The Bertz CT molecular complexity index is 489. The van der Waals surface area contributed by atoms with Crippen molar-refractivity contribution in [3.05, 3.63) is 47.5 Å². The predicted molar refractivity (Wildman–Crippen MR) is 71.1 cm³/mol. The minimum atomic E-state index is -1.20. The maximum Gasteiger partial charge on any atom is 0.410 e. The van der Waals surface area contributed by atoms with E-state index in [1.54, 1.807) is 24.3 Å². The normalized spacial score (nSPS) is 11.5. The second-order valence-corrected chi connectivity index (χ2v) is 4.15.